The molecule has 0 spiro atoms. The summed E-state index contributed by atoms with van der Waals surface area (Å²) in [4.78, 5) is 26.6. The molecule has 0 saturated heterocycles. The molecule has 7 nitrogen and oxygen atoms in total. The fourth-order valence-corrected chi connectivity index (χ4v) is 2.92. The molecule has 1 aliphatic rings. The van der Waals surface area contributed by atoms with Crippen molar-refractivity contribution >= 4 is 23.2 Å². The van der Waals surface area contributed by atoms with E-state index in [4.69, 9.17) is 9.47 Å². The van der Waals surface area contributed by atoms with Gasteiger partial charge >= 0.3 is 0 Å². The molecule has 148 valence electrons. The Morgan fingerprint density at radius 2 is 1.86 bits per heavy atom. The molecule has 7 heteroatoms. The minimum Gasteiger partial charge on any atom is -0.454 e. The highest BCUT2D eigenvalue weighted by molar-refractivity contribution is 5.96. The number of amides is 2. The maximum Gasteiger partial charge on any atom is 0.241 e. The van der Waals surface area contributed by atoms with Crippen molar-refractivity contribution in [3.63, 3.8) is 0 Å². The number of nitrogens with one attached hydrogen (secondary N) is 2. The Hall–Kier alpha value is -3.06. The van der Waals surface area contributed by atoms with E-state index in [1.807, 2.05) is 31.2 Å². The van der Waals surface area contributed by atoms with Gasteiger partial charge in [0.25, 0.3) is 0 Å². The number of aryl methyl sites for hydroxylation is 1. The third kappa shape index (κ3) is 4.61. The van der Waals surface area contributed by atoms with Gasteiger partial charge in [-0.25, -0.2) is 0 Å². The van der Waals surface area contributed by atoms with Crippen LogP contribution in [0.15, 0.2) is 42.5 Å². The van der Waals surface area contributed by atoms with Crippen LogP contribution in [-0.2, 0) is 16.0 Å². The van der Waals surface area contributed by atoms with E-state index in [1.54, 1.807) is 37.1 Å². The summed E-state index contributed by atoms with van der Waals surface area (Å²) in [6, 6.07) is 12.5. The van der Waals surface area contributed by atoms with Gasteiger partial charge in [-0.05, 0) is 44.2 Å². The van der Waals surface area contributed by atoms with E-state index < -0.39 is 6.04 Å². The molecule has 0 aromatic heterocycles. The van der Waals surface area contributed by atoms with E-state index in [-0.39, 0.29) is 25.2 Å². The molecule has 0 saturated carbocycles. The molecule has 1 atom stereocenters. The average molecular weight is 383 g/mol. The molecule has 2 aromatic rings. The summed E-state index contributed by atoms with van der Waals surface area (Å²) in [5, 5.41) is 5.77. The minimum absolute atomic E-state index is 0.105. The van der Waals surface area contributed by atoms with Crippen LogP contribution in [-0.4, -0.2) is 43.1 Å². The Morgan fingerprint density at radius 3 is 2.64 bits per heavy atom. The van der Waals surface area contributed by atoms with Crippen LogP contribution < -0.4 is 20.1 Å². The van der Waals surface area contributed by atoms with Gasteiger partial charge in [0.05, 0.1) is 12.6 Å². The van der Waals surface area contributed by atoms with Crippen LogP contribution in [0.5, 0.6) is 11.5 Å². The van der Waals surface area contributed by atoms with Gasteiger partial charge in [0, 0.05) is 17.4 Å². The van der Waals surface area contributed by atoms with Crippen LogP contribution in [0.1, 0.15) is 19.4 Å². The summed E-state index contributed by atoms with van der Waals surface area (Å²) in [6.07, 6.45) is 0.834. The third-order valence-corrected chi connectivity index (χ3v) is 4.75. The number of rotatable bonds is 7. The number of nitrogens with zero attached hydrogens (tertiary/aromatic N) is 1. The van der Waals surface area contributed by atoms with E-state index >= 15 is 0 Å². The SMILES string of the molecule is CCc1ccccc1NC(=O)CN(C)[C@H](C)C(=O)Nc1ccc2c(c1)OCO2. The molecule has 2 amide bonds. The number of benzene rings is 2. The third-order valence-electron chi connectivity index (χ3n) is 4.75. The highest BCUT2D eigenvalue weighted by Crippen LogP contribution is 2.34. The average Bonchev–Trinajstić information content (AvgIpc) is 3.15. The summed E-state index contributed by atoms with van der Waals surface area (Å²) >= 11 is 0. The Kier molecular flexibility index (Phi) is 6.16. The van der Waals surface area contributed by atoms with Gasteiger partial charge in [0.15, 0.2) is 11.5 Å². The lowest BCUT2D eigenvalue weighted by Crippen LogP contribution is -2.43. The van der Waals surface area contributed by atoms with Gasteiger partial charge < -0.3 is 20.1 Å². The number of carbonyl (C=O) groups excluding carboxylic acids is 2. The van der Waals surface area contributed by atoms with Gasteiger partial charge in [-0.2, -0.15) is 0 Å². The predicted octanol–water partition coefficient (Wildman–Crippen LogP) is 2.88. The van der Waals surface area contributed by atoms with Gasteiger partial charge in [-0.1, -0.05) is 25.1 Å². The number of likely N-dealkylation sites (N-methyl/N-ethyl adjacent to an activating group) is 1. The molecule has 0 fully saturated rings. The topological polar surface area (TPSA) is 79.9 Å². The smallest absolute Gasteiger partial charge is 0.241 e. The zero-order valence-electron chi connectivity index (χ0n) is 16.3. The largest absolute Gasteiger partial charge is 0.454 e. The van der Waals surface area contributed by atoms with Crippen molar-refractivity contribution < 1.29 is 19.1 Å². The van der Waals surface area contributed by atoms with Crippen molar-refractivity contribution in [2.45, 2.75) is 26.3 Å². The number of carbonyl (C=O) groups is 2. The van der Waals surface area contributed by atoms with Crippen LogP contribution in [0.25, 0.3) is 0 Å². The summed E-state index contributed by atoms with van der Waals surface area (Å²) < 4.78 is 10.6. The lowest BCUT2D eigenvalue weighted by Gasteiger charge is -2.23. The van der Waals surface area contributed by atoms with E-state index in [9.17, 15) is 9.59 Å². The molecule has 1 aliphatic heterocycles. The van der Waals surface area contributed by atoms with E-state index in [0.29, 0.717) is 17.2 Å². The zero-order valence-corrected chi connectivity index (χ0v) is 16.3. The highest BCUT2D eigenvalue weighted by atomic mass is 16.7. The molecular weight excluding hydrogens is 358 g/mol. The molecule has 2 aromatic carbocycles. The maximum atomic E-state index is 12.5. The van der Waals surface area contributed by atoms with E-state index in [0.717, 1.165) is 17.7 Å². The van der Waals surface area contributed by atoms with Crippen LogP contribution in [0, 0.1) is 0 Å². The van der Waals surface area contributed by atoms with Crippen molar-refractivity contribution in [3.8, 4) is 11.5 Å². The summed E-state index contributed by atoms with van der Waals surface area (Å²) in [5.74, 6) is 0.897. The first-order chi connectivity index (χ1) is 13.5. The zero-order chi connectivity index (χ0) is 20.1. The first-order valence-electron chi connectivity index (χ1n) is 9.26. The first-order valence-corrected chi connectivity index (χ1v) is 9.26. The Morgan fingerprint density at radius 1 is 1.11 bits per heavy atom. The quantitative estimate of drug-likeness (QED) is 0.769. The number of anilines is 2. The molecule has 1 heterocycles. The summed E-state index contributed by atoms with van der Waals surface area (Å²) in [5.41, 5.74) is 2.50. The normalized spacial score (nSPS) is 13.3. The molecule has 28 heavy (non-hydrogen) atoms. The Bertz CT molecular complexity index is 868. The Balaban J connectivity index is 1.55. The van der Waals surface area contributed by atoms with Crippen molar-refractivity contribution in [3.05, 3.63) is 48.0 Å². The molecule has 2 N–H and O–H groups in total. The number of para-hydroxylation sites is 1. The monoisotopic (exact) mass is 383 g/mol. The van der Waals surface area contributed by atoms with Gasteiger partial charge in [-0.15, -0.1) is 0 Å². The predicted molar refractivity (Wildman–Crippen MR) is 108 cm³/mol. The molecule has 0 aliphatic carbocycles. The van der Waals surface area contributed by atoms with Crippen LogP contribution in [0.4, 0.5) is 11.4 Å². The summed E-state index contributed by atoms with van der Waals surface area (Å²) in [7, 11) is 1.75. The fraction of sp³-hybridized carbons (Fsp3) is 0.333. The second kappa shape index (κ2) is 8.75. The molecule has 3 rings (SSSR count). The van der Waals surface area contributed by atoms with Crippen LogP contribution >= 0.6 is 0 Å². The van der Waals surface area contributed by atoms with Crippen molar-refractivity contribution in [2.24, 2.45) is 0 Å². The van der Waals surface area contributed by atoms with Gasteiger partial charge in [0.1, 0.15) is 0 Å². The molecular formula is C21H25N3O4. The van der Waals surface area contributed by atoms with Crippen molar-refractivity contribution in [1.82, 2.24) is 4.90 Å². The van der Waals surface area contributed by atoms with Crippen molar-refractivity contribution in [1.29, 1.82) is 0 Å². The van der Waals surface area contributed by atoms with Crippen LogP contribution in [0.3, 0.4) is 0 Å². The van der Waals surface area contributed by atoms with Gasteiger partial charge in [0.2, 0.25) is 18.6 Å². The second-order valence-electron chi connectivity index (χ2n) is 6.71. The minimum atomic E-state index is -0.488. The number of hydrogen-bond donors (Lipinski definition) is 2. The first kappa shape index (κ1) is 19.7. The number of ether oxygens (including phenoxy) is 2. The lowest BCUT2D eigenvalue weighted by atomic mass is 10.1. The number of hydrogen-bond acceptors (Lipinski definition) is 5. The standard InChI is InChI=1S/C21H25N3O4/c1-4-15-7-5-6-8-17(15)23-20(25)12-24(3)14(2)21(26)22-16-9-10-18-19(11-16)28-13-27-18/h5-11,14H,4,12-13H2,1-3H3,(H,22,26)(H,23,25)/t14-/m1/s1. The molecule has 0 unspecified atom stereocenters. The Labute approximate surface area is 164 Å². The van der Waals surface area contributed by atoms with Crippen molar-refractivity contribution in [2.75, 3.05) is 31.0 Å². The second-order valence-corrected chi connectivity index (χ2v) is 6.71. The van der Waals surface area contributed by atoms with Crippen LogP contribution in [0.2, 0.25) is 0 Å². The number of fused-ring (bicyclic) bond motifs is 1. The molecule has 0 bridgehead atoms. The van der Waals surface area contributed by atoms with E-state index in [1.165, 1.54) is 0 Å². The maximum absolute atomic E-state index is 12.5. The van der Waals surface area contributed by atoms with Gasteiger partial charge in [-0.3, -0.25) is 14.5 Å². The highest BCUT2D eigenvalue weighted by Gasteiger charge is 2.21. The van der Waals surface area contributed by atoms with E-state index in [2.05, 4.69) is 10.6 Å². The lowest BCUT2D eigenvalue weighted by molar-refractivity contribution is -0.122. The summed E-state index contributed by atoms with van der Waals surface area (Å²) in [6.45, 7) is 4.09. The fourth-order valence-electron chi connectivity index (χ4n) is 2.92. The molecule has 0 radical (unpaired) electrons.